The Labute approximate surface area is 382 Å². The predicted molar refractivity (Wildman–Crippen MR) is 262 cm³/mol. The van der Waals surface area contributed by atoms with Gasteiger partial charge in [-0.25, -0.2) is 4.57 Å². The van der Waals surface area contributed by atoms with E-state index in [-0.39, 0.29) is 26.1 Å². The van der Waals surface area contributed by atoms with Crippen LogP contribution in [0.15, 0.2) is 134 Å². The van der Waals surface area contributed by atoms with Crippen molar-refractivity contribution in [1.29, 1.82) is 0 Å². The molecule has 2 unspecified atom stereocenters. The molecule has 11 heteroatoms. The first-order valence-electron chi connectivity index (χ1n) is 23.0. The number of phosphoric acid groups is 1. The van der Waals surface area contributed by atoms with Crippen molar-refractivity contribution in [2.75, 3.05) is 47.5 Å². The number of aliphatic hydroxyl groups is 1. The van der Waals surface area contributed by atoms with Crippen LogP contribution in [-0.2, 0) is 32.7 Å². The van der Waals surface area contributed by atoms with Crippen molar-refractivity contribution in [2.45, 2.75) is 135 Å². The average Bonchev–Trinajstić information content (AvgIpc) is 3.23. The van der Waals surface area contributed by atoms with E-state index in [4.69, 9.17) is 18.5 Å². The van der Waals surface area contributed by atoms with Gasteiger partial charge < -0.3 is 24.0 Å². The van der Waals surface area contributed by atoms with Gasteiger partial charge in [-0.3, -0.25) is 18.6 Å². The largest absolute Gasteiger partial charge is 0.472 e. The van der Waals surface area contributed by atoms with E-state index in [0.29, 0.717) is 30.3 Å². The molecule has 0 spiro atoms. The number of esters is 2. The number of hydrogen-bond donors (Lipinski definition) is 2. The van der Waals surface area contributed by atoms with E-state index in [0.717, 1.165) is 51.4 Å². The molecule has 0 aliphatic carbocycles. The molecule has 0 bridgehead atoms. The maximum Gasteiger partial charge on any atom is 0.472 e. The number of carbonyl (C=O) groups is 2. The van der Waals surface area contributed by atoms with Gasteiger partial charge in [-0.15, -0.1) is 0 Å². The van der Waals surface area contributed by atoms with E-state index in [1.165, 1.54) is 25.7 Å². The lowest BCUT2D eigenvalue weighted by molar-refractivity contribution is -0.870. The second kappa shape index (κ2) is 42.1. The Hall–Kier alpha value is -3.89. The maximum atomic E-state index is 12.7. The number of likely N-dealkylation sites (N-methyl/N-ethyl adjacent to an activating group) is 1. The van der Waals surface area contributed by atoms with Crippen LogP contribution in [-0.4, -0.2) is 86.1 Å². The number of aliphatic hydroxyl groups excluding tert-OH is 1. The molecule has 0 saturated carbocycles. The van der Waals surface area contributed by atoms with Crippen molar-refractivity contribution in [2.24, 2.45) is 0 Å². The Bertz CT molecular complexity index is 1540. The van der Waals surface area contributed by atoms with Crippen molar-refractivity contribution in [3.63, 3.8) is 0 Å². The summed E-state index contributed by atoms with van der Waals surface area (Å²) in [7, 11) is 1.34. The third-order valence-corrected chi connectivity index (χ3v) is 9.76. The minimum atomic E-state index is -4.43. The molecule has 0 aromatic rings. The molecule has 0 rings (SSSR count). The summed E-state index contributed by atoms with van der Waals surface area (Å²) < 4.78 is 34.1. The van der Waals surface area contributed by atoms with Gasteiger partial charge in [-0.2, -0.15) is 0 Å². The van der Waals surface area contributed by atoms with E-state index >= 15 is 0 Å². The lowest BCUT2D eigenvalue weighted by Gasteiger charge is -2.24. The zero-order valence-electron chi connectivity index (χ0n) is 39.4. The third kappa shape index (κ3) is 45.9. The summed E-state index contributed by atoms with van der Waals surface area (Å²) in [6, 6.07) is 0. The van der Waals surface area contributed by atoms with Crippen LogP contribution < -0.4 is 0 Å². The number of carbonyl (C=O) groups excluding carboxylic acids is 2. The maximum absolute atomic E-state index is 12.7. The number of hydrogen-bond acceptors (Lipinski definition) is 8. The summed E-state index contributed by atoms with van der Waals surface area (Å²) in [5.41, 5.74) is 0. The number of ether oxygens (including phenoxy) is 2. The fourth-order valence-electron chi connectivity index (χ4n) is 5.16. The smallest absolute Gasteiger partial charge is 0.462 e. The number of rotatable bonds is 39. The number of nitrogens with zero attached hydrogens (tertiary/aromatic N) is 1. The Morgan fingerprint density at radius 3 is 1.59 bits per heavy atom. The highest BCUT2D eigenvalue weighted by Crippen LogP contribution is 2.43. The number of unbranched alkanes of at least 4 members (excludes halogenated alkanes) is 3. The molecule has 0 saturated heterocycles. The highest BCUT2D eigenvalue weighted by atomic mass is 31.2. The Kier molecular flexibility index (Phi) is 39.5. The van der Waals surface area contributed by atoms with Gasteiger partial charge in [0.1, 0.15) is 19.8 Å². The van der Waals surface area contributed by atoms with E-state index in [2.05, 4.69) is 80.7 Å². The van der Waals surface area contributed by atoms with Crippen LogP contribution in [0.1, 0.15) is 123 Å². The van der Waals surface area contributed by atoms with Gasteiger partial charge in [-0.1, -0.05) is 160 Å². The topological polar surface area (TPSA) is 129 Å². The van der Waals surface area contributed by atoms with Crippen molar-refractivity contribution in [3.05, 3.63) is 134 Å². The molecule has 3 atom stereocenters. The first kappa shape index (κ1) is 59.1. The van der Waals surface area contributed by atoms with Crippen LogP contribution in [0, 0.1) is 0 Å². The van der Waals surface area contributed by atoms with Crippen LogP contribution in [0.2, 0.25) is 0 Å². The zero-order valence-corrected chi connectivity index (χ0v) is 40.2. The zero-order chi connectivity index (χ0) is 46.5. The molecule has 354 valence electrons. The van der Waals surface area contributed by atoms with Gasteiger partial charge >= 0.3 is 19.8 Å². The fraction of sp³-hybridized carbons (Fsp3) is 0.538. The molecule has 0 amide bonds. The number of phosphoric ester groups is 1. The molecule has 0 aromatic heterocycles. The summed E-state index contributed by atoms with van der Waals surface area (Å²) in [6.07, 6.45) is 57.2. The normalized spacial score (nSPS) is 15.2. The molecule has 0 aromatic carbocycles. The first-order valence-corrected chi connectivity index (χ1v) is 24.5. The fourth-order valence-corrected chi connectivity index (χ4v) is 5.90. The van der Waals surface area contributed by atoms with Gasteiger partial charge in [0.25, 0.3) is 0 Å². The van der Waals surface area contributed by atoms with Gasteiger partial charge in [-0.05, 0) is 83.5 Å². The molecule has 10 nitrogen and oxygen atoms in total. The highest BCUT2D eigenvalue weighted by Gasteiger charge is 2.27. The minimum absolute atomic E-state index is 0.00846. The van der Waals surface area contributed by atoms with Crippen LogP contribution in [0.4, 0.5) is 0 Å². The second-order valence-electron chi connectivity index (χ2n) is 15.9. The van der Waals surface area contributed by atoms with E-state index in [1.54, 1.807) is 6.08 Å². The molecule has 63 heavy (non-hydrogen) atoms. The molecule has 0 aliphatic heterocycles. The molecular formula is C52H83NO9P+. The SMILES string of the molecule is CC/C=C\CC(O)/C=C/C=C/C/C=C\C/C=C\C/C=C\CCC(=O)O[C@H](COC(=O)CC/C=C\C/C=C\C/C=C\C/C=C\C/C=C\CCCCC)COP(=O)(O)OCC[N+](C)(C)C. The van der Waals surface area contributed by atoms with Gasteiger partial charge in [0.2, 0.25) is 0 Å². The van der Waals surface area contributed by atoms with E-state index in [9.17, 15) is 24.2 Å². The van der Waals surface area contributed by atoms with Crippen LogP contribution >= 0.6 is 7.82 Å². The van der Waals surface area contributed by atoms with Crippen molar-refractivity contribution < 1.29 is 47.2 Å². The lowest BCUT2D eigenvalue weighted by atomic mass is 10.2. The van der Waals surface area contributed by atoms with E-state index in [1.807, 2.05) is 81.9 Å². The third-order valence-electron chi connectivity index (χ3n) is 8.77. The van der Waals surface area contributed by atoms with Crippen LogP contribution in [0.25, 0.3) is 0 Å². The van der Waals surface area contributed by atoms with Crippen molar-refractivity contribution in [1.82, 2.24) is 0 Å². The molecular weight excluding hydrogens is 814 g/mol. The lowest BCUT2D eigenvalue weighted by Crippen LogP contribution is -2.37. The summed E-state index contributed by atoms with van der Waals surface area (Å²) in [4.78, 5) is 35.4. The highest BCUT2D eigenvalue weighted by molar-refractivity contribution is 7.47. The predicted octanol–water partition coefficient (Wildman–Crippen LogP) is 12.4. The van der Waals surface area contributed by atoms with Gasteiger partial charge in [0.15, 0.2) is 6.10 Å². The first-order chi connectivity index (χ1) is 30.4. The summed E-state index contributed by atoms with van der Waals surface area (Å²) in [6.45, 7) is 3.96. The Balaban J connectivity index is 4.64. The molecule has 2 N–H and O–H groups in total. The standard InChI is InChI=1S/C52H82NO9P/c1-6-8-10-11-12-13-14-15-16-17-18-19-20-23-26-29-32-35-39-43-51(55)59-47-50(48-61-63(57,58)60-46-45-53(3,4)5)62-52(56)44-40-36-33-30-27-24-21-22-25-28-31-34-38-42-49(54)41-37-9-7-2/h9,12-13,15-16,18-19,22-27,31-38,42,49-50,54H,6-8,10-11,14,17,20-21,28-30,39-41,43-48H2,1-5H3/p+1/b13-12-,16-15-,19-18-,25-22-,26-23-,27-24-,34-31+,35-32-,36-33-,37-9-,42-38+/t49?,50-/m1/s1. The quantitative estimate of drug-likeness (QED) is 0.0155. The van der Waals surface area contributed by atoms with E-state index < -0.39 is 38.6 Å². The van der Waals surface area contributed by atoms with Crippen LogP contribution in [0.5, 0.6) is 0 Å². The average molecular weight is 897 g/mol. The molecule has 0 aliphatic rings. The molecule has 0 radical (unpaired) electrons. The van der Waals surface area contributed by atoms with Gasteiger partial charge in [0, 0.05) is 12.8 Å². The monoisotopic (exact) mass is 897 g/mol. The number of allylic oxidation sites excluding steroid dienone is 20. The minimum Gasteiger partial charge on any atom is -0.462 e. The second-order valence-corrected chi connectivity index (χ2v) is 17.3. The molecule has 0 heterocycles. The molecule has 0 fully saturated rings. The summed E-state index contributed by atoms with van der Waals surface area (Å²) >= 11 is 0. The Morgan fingerprint density at radius 2 is 1.08 bits per heavy atom. The summed E-state index contributed by atoms with van der Waals surface area (Å²) in [5.74, 6) is -1.03. The number of quaternary nitrogens is 1. The van der Waals surface area contributed by atoms with Crippen molar-refractivity contribution in [3.8, 4) is 0 Å². The van der Waals surface area contributed by atoms with Crippen molar-refractivity contribution >= 4 is 19.8 Å². The van der Waals surface area contributed by atoms with Crippen LogP contribution in [0.3, 0.4) is 0 Å². The Morgan fingerprint density at radius 1 is 0.587 bits per heavy atom. The van der Waals surface area contributed by atoms with Gasteiger partial charge in [0.05, 0.1) is 33.9 Å². The summed E-state index contributed by atoms with van der Waals surface area (Å²) in [5, 5.41) is 9.86.